The Morgan fingerprint density at radius 3 is 2.50 bits per heavy atom. The summed E-state index contributed by atoms with van der Waals surface area (Å²) in [6.07, 6.45) is 5.18. The molecule has 6 nitrogen and oxygen atoms in total. The summed E-state index contributed by atoms with van der Waals surface area (Å²) >= 11 is 0. The summed E-state index contributed by atoms with van der Waals surface area (Å²) in [6, 6.07) is 3.35. The van der Waals surface area contributed by atoms with E-state index in [2.05, 4.69) is 10.3 Å². The molecule has 2 N–H and O–H groups in total. The van der Waals surface area contributed by atoms with Gasteiger partial charge in [-0.25, -0.2) is 9.59 Å². The van der Waals surface area contributed by atoms with Crippen LogP contribution < -0.4 is 5.32 Å². The molecule has 0 saturated heterocycles. The molecule has 0 unspecified atom stereocenters. The number of aromatic nitrogens is 1. The molecule has 1 aliphatic rings. The number of carbonyl (C=O) groups excluding carboxylic acids is 1. The van der Waals surface area contributed by atoms with E-state index in [0.717, 1.165) is 12.0 Å². The van der Waals surface area contributed by atoms with Crippen molar-refractivity contribution in [3.8, 4) is 0 Å². The lowest BCUT2D eigenvalue weighted by molar-refractivity contribution is -0.148. The van der Waals surface area contributed by atoms with Crippen LogP contribution in [-0.4, -0.2) is 39.1 Å². The van der Waals surface area contributed by atoms with E-state index in [4.69, 9.17) is 0 Å². The smallest absolute Gasteiger partial charge is 0.329 e. The van der Waals surface area contributed by atoms with Crippen molar-refractivity contribution >= 4 is 12.0 Å². The van der Waals surface area contributed by atoms with E-state index in [-0.39, 0.29) is 6.03 Å². The first kappa shape index (κ1) is 14.3. The maximum absolute atomic E-state index is 12.2. The maximum atomic E-state index is 12.2. The standard InChI is InChI=1S/C14H19N3O3/c1-2-17(10-11-4-8-15-9-5-11)13(20)16-14(12(18)19)6-3-7-14/h4-5,8-9H,2-3,6-7,10H2,1H3,(H,16,20)(H,18,19). The van der Waals surface area contributed by atoms with Gasteiger partial charge in [0.15, 0.2) is 0 Å². The number of nitrogens with one attached hydrogen (secondary N) is 1. The molecule has 0 bridgehead atoms. The molecule has 20 heavy (non-hydrogen) atoms. The Kier molecular flexibility index (Phi) is 4.22. The minimum atomic E-state index is -1.07. The summed E-state index contributed by atoms with van der Waals surface area (Å²) in [7, 11) is 0. The number of carbonyl (C=O) groups is 2. The van der Waals surface area contributed by atoms with Crippen LogP contribution >= 0.6 is 0 Å². The Bertz CT molecular complexity index is 486. The van der Waals surface area contributed by atoms with E-state index < -0.39 is 11.5 Å². The van der Waals surface area contributed by atoms with E-state index in [9.17, 15) is 14.7 Å². The highest BCUT2D eigenvalue weighted by Gasteiger charge is 2.46. The number of aliphatic carboxylic acids is 1. The van der Waals surface area contributed by atoms with Crippen molar-refractivity contribution in [3.05, 3.63) is 30.1 Å². The summed E-state index contributed by atoms with van der Waals surface area (Å²) in [6.45, 7) is 2.83. The van der Waals surface area contributed by atoms with Crippen LogP contribution in [0.1, 0.15) is 31.7 Å². The third-order valence-electron chi connectivity index (χ3n) is 3.75. The van der Waals surface area contributed by atoms with Gasteiger partial charge in [0.05, 0.1) is 0 Å². The molecule has 1 aromatic heterocycles. The Morgan fingerprint density at radius 1 is 1.40 bits per heavy atom. The summed E-state index contributed by atoms with van der Waals surface area (Å²) in [5.41, 5.74) is -0.0991. The number of carboxylic acid groups (broad SMARTS) is 1. The second-order valence-corrected chi connectivity index (χ2v) is 5.04. The van der Waals surface area contributed by atoms with Crippen molar-refractivity contribution in [2.75, 3.05) is 6.54 Å². The third kappa shape index (κ3) is 2.89. The first-order chi connectivity index (χ1) is 9.57. The van der Waals surface area contributed by atoms with Gasteiger partial charge in [0.25, 0.3) is 0 Å². The molecule has 1 aliphatic carbocycles. The second-order valence-electron chi connectivity index (χ2n) is 5.04. The summed E-state index contributed by atoms with van der Waals surface area (Å²) in [4.78, 5) is 29.0. The van der Waals surface area contributed by atoms with Gasteiger partial charge in [0, 0.05) is 25.5 Å². The average molecular weight is 277 g/mol. The number of rotatable bonds is 5. The fourth-order valence-corrected chi connectivity index (χ4v) is 2.24. The summed E-state index contributed by atoms with van der Waals surface area (Å²) < 4.78 is 0. The van der Waals surface area contributed by atoms with Gasteiger partial charge in [-0.2, -0.15) is 0 Å². The van der Waals surface area contributed by atoms with Crippen LogP contribution in [0.4, 0.5) is 4.79 Å². The molecule has 1 aromatic rings. The van der Waals surface area contributed by atoms with Gasteiger partial charge in [0.1, 0.15) is 5.54 Å². The lowest BCUT2D eigenvalue weighted by Crippen LogP contribution is -2.61. The molecule has 2 rings (SSSR count). The van der Waals surface area contributed by atoms with E-state index in [1.54, 1.807) is 17.3 Å². The number of hydrogen-bond donors (Lipinski definition) is 2. The molecule has 1 saturated carbocycles. The lowest BCUT2D eigenvalue weighted by Gasteiger charge is -2.39. The van der Waals surface area contributed by atoms with E-state index >= 15 is 0 Å². The van der Waals surface area contributed by atoms with Crippen LogP contribution in [0.25, 0.3) is 0 Å². The zero-order valence-electron chi connectivity index (χ0n) is 11.5. The average Bonchev–Trinajstić information content (AvgIpc) is 2.40. The summed E-state index contributed by atoms with van der Waals surface area (Å²) in [5.74, 6) is -0.947. The van der Waals surface area contributed by atoms with Crippen LogP contribution in [0, 0.1) is 0 Å². The number of pyridine rings is 1. The van der Waals surface area contributed by atoms with Gasteiger partial charge in [0.2, 0.25) is 0 Å². The first-order valence-electron chi connectivity index (χ1n) is 6.77. The largest absolute Gasteiger partial charge is 0.480 e. The number of carboxylic acids is 1. The van der Waals surface area contributed by atoms with Gasteiger partial charge < -0.3 is 15.3 Å². The topological polar surface area (TPSA) is 82.5 Å². The van der Waals surface area contributed by atoms with Crippen molar-refractivity contribution in [2.24, 2.45) is 0 Å². The maximum Gasteiger partial charge on any atom is 0.329 e. The molecule has 0 aliphatic heterocycles. The minimum Gasteiger partial charge on any atom is -0.480 e. The monoisotopic (exact) mass is 277 g/mol. The van der Waals surface area contributed by atoms with Crippen LogP contribution in [-0.2, 0) is 11.3 Å². The lowest BCUT2D eigenvalue weighted by atomic mass is 9.77. The predicted octanol–water partition coefficient (Wildman–Crippen LogP) is 1.62. The number of urea groups is 1. The molecule has 2 amide bonds. The van der Waals surface area contributed by atoms with E-state index in [1.807, 2.05) is 19.1 Å². The van der Waals surface area contributed by atoms with Gasteiger partial charge in [-0.3, -0.25) is 4.98 Å². The van der Waals surface area contributed by atoms with Gasteiger partial charge in [-0.05, 0) is 43.9 Å². The van der Waals surface area contributed by atoms with Crippen LogP contribution in [0.15, 0.2) is 24.5 Å². The number of amides is 2. The normalized spacial score (nSPS) is 16.1. The quantitative estimate of drug-likeness (QED) is 0.856. The third-order valence-corrected chi connectivity index (χ3v) is 3.75. The fourth-order valence-electron chi connectivity index (χ4n) is 2.24. The van der Waals surface area contributed by atoms with Crippen LogP contribution in [0.2, 0.25) is 0 Å². The zero-order chi connectivity index (χ0) is 14.6. The summed E-state index contributed by atoms with van der Waals surface area (Å²) in [5, 5.41) is 11.9. The van der Waals surface area contributed by atoms with Crippen LogP contribution in [0.5, 0.6) is 0 Å². The molecule has 0 spiro atoms. The highest BCUT2D eigenvalue weighted by molar-refractivity contribution is 5.87. The second kappa shape index (κ2) is 5.90. The molecule has 0 radical (unpaired) electrons. The molecule has 1 heterocycles. The Balaban J connectivity index is 2.01. The van der Waals surface area contributed by atoms with Gasteiger partial charge >= 0.3 is 12.0 Å². The van der Waals surface area contributed by atoms with Crippen molar-refractivity contribution in [1.82, 2.24) is 15.2 Å². The number of hydrogen-bond acceptors (Lipinski definition) is 3. The Labute approximate surface area is 117 Å². The highest BCUT2D eigenvalue weighted by Crippen LogP contribution is 2.32. The molecular weight excluding hydrogens is 258 g/mol. The SMILES string of the molecule is CCN(Cc1ccncc1)C(=O)NC1(C(=O)O)CCC1. The van der Waals surface area contributed by atoms with Gasteiger partial charge in [-0.1, -0.05) is 0 Å². The fraction of sp³-hybridized carbons (Fsp3) is 0.500. The van der Waals surface area contributed by atoms with Crippen molar-refractivity contribution in [2.45, 2.75) is 38.3 Å². The van der Waals surface area contributed by atoms with Crippen molar-refractivity contribution in [1.29, 1.82) is 0 Å². The number of nitrogens with zero attached hydrogens (tertiary/aromatic N) is 2. The molecule has 6 heteroatoms. The highest BCUT2D eigenvalue weighted by atomic mass is 16.4. The van der Waals surface area contributed by atoms with Crippen molar-refractivity contribution < 1.29 is 14.7 Å². The molecule has 0 atom stereocenters. The van der Waals surface area contributed by atoms with Crippen molar-refractivity contribution in [3.63, 3.8) is 0 Å². The Hall–Kier alpha value is -2.11. The Morgan fingerprint density at radius 2 is 2.05 bits per heavy atom. The zero-order valence-corrected chi connectivity index (χ0v) is 11.5. The van der Waals surface area contributed by atoms with E-state index in [0.29, 0.717) is 25.9 Å². The molecule has 0 aromatic carbocycles. The van der Waals surface area contributed by atoms with E-state index in [1.165, 1.54) is 0 Å². The molecular formula is C14H19N3O3. The molecule has 108 valence electrons. The minimum absolute atomic E-state index is 0.327. The van der Waals surface area contributed by atoms with Crippen LogP contribution in [0.3, 0.4) is 0 Å². The molecule has 1 fully saturated rings. The van der Waals surface area contributed by atoms with Gasteiger partial charge in [-0.15, -0.1) is 0 Å². The predicted molar refractivity (Wildman–Crippen MR) is 73.1 cm³/mol. The first-order valence-corrected chi connectivity index (χ1v) is 6.77.